The lowest BCUT2D eigenvalue weighted by atomic mass is 10.1. The maximum atomic E-state index is 5.88. The molecule has 0 spiro atoms. The first-order chi connectivity index (χ1) is 5.84. The second kappa shape index (κ2) is 5.22. The summed E-state index contributed by atoms with van der Waals surface area (Å²) in [7, 11) is 0. The molecule has 0 amide bonds. The zero-order chi connectivity index (χ0) is 8.81. The van der Waals surface area contributed by atoms with E-state index in [9.17, 15) is 0 Å². The molecule has 0 fully saturated rings. The summed E-state index contributed by atoms with van der Waals surface area (Å²) < 4.78 is 3.78. The van der Waals surface area contributed by atoms with Crippen molar-refractivity contribution in [2.45, 2.75) is 38.6 Å². The second-order valence-corrected chi connectivity index (χ2v) is 3.54. The first kappa shape index (κ1) is 9.61. The lowest BCUT2D eigenvalue weighted by Gasteiger charge is -2.06. The van der Waals surface area contributed by atoms with E-state index in [0.29, 0.717) is 0 Å². The summed E-state index contributed by atoms with van der Waals surface area (Å²) in [5, 5.41) is 5.87. The van der Waals surface area contributed by atoms with Gasteiger partial charge in [-0.3, -0.25) is 0 Å². The van der Waals surface area contributed by atoms with Crippen LogP contribution >= 0.6 is 11.5 Å². The highest BCUT2D eigenvalue weighted by molar-refractivity contribution is 7.03. The van der Waals surface area contributed by atoms with Crippen molar-refractivity contribution in [3.05, 3.63) is 11.1 Å². The van der Waals surface area contributed by atoms with Crippen LogP contribution in [0.4, 0.5) is 0 Å². The van der Waals surface area contributed by atoms with Gasteiger partial charge in [-0.05, 0) is 18.0 Å². The third-order valence-electron chi connectivity index (χ3n) is 1.88. The number of aromatic nitrogens is 2. The van der Waals surface area contributed by atoms with Crippen molar-refractivity contribution in [3.8, 4) is 0 Å². The first-order valence-corrected chi connectivity index (χ1v) is 5.20. The van der Waals surface area contributed by atoms with E-state index in [1.807, 2.05) is 5.38 Å². The molecule has 1 atom stereocenters. The highest BCUT2D eigenvalue weighted by atomic mass is 32.1. The van der Waals surface area contributed by atoms with Gasteiger partial charge in [-0.25, -0.2) is 0 Å². The van der Waals surface area contributed by atoms with E-state index in [2.05, 4.69) is 16.5 Å². The van der Waals surface area contributed by atoms with Gasteiger partial charge in [0, 0.05) is 11.4 Å². The molecule has 2 N–H and O–H groups in total. The number of hydrogen-bond donors (Lipinski definition) is 1. The normalized spacial score (nSPS) is 13.2. The van der Waals surface area contributed by atoms with Gasteiger partial charge in [0.05, 0.1) is 5.69 Å². The van der Waals surface area contributed by atoms with Crippen molar-refractivity contribution in [1.82, 2.24) is 9.59 Å². The molecular formula is C8H15N3S. The third kappa shape index (κ3) is 2.87. The van der Waals surface area contributed by atoms with Crippen LogP contribution in [0.2, 0.25) is 0 Å². The zero-order valence-electron chi connectivity index (χ0n) is 7.36. The average Bonchev–Trinajstić information content (AvgIpc) is 2.56. The standard InChI is InChI=1S/C8H15N3S/c1-2-3-4-5-7(9)8-6-12-11-10-8/h6-7H,2-5,9H2,1H3. The number of hydrogen-bond acceptors (Lipinski definition) is 4. The Kier molecular flexibility index (Phi) is 4.18. The molecule has 0 saturated carbocycles. The molecule has 0 radical (unpaired) electrons. The van der Waals surface area contributed by atoms with Crippen LogP contribution in [0, 0.1) is 0 Å². The Labute approximate surface area is 77.2 Å². The van der Waals surface area contributed by atoms with Gasteiger partial charge in [-0.2, -0.15) is 0 Å². The van der Waals surface area contributed by atoms with Gasteiger partial charge >= 0.3 is 0 Å². The van der Waals surface area contributed by atoms with E-state index >= 15 is 0 Å². The molecular weight excluding hydrogens is 170 g/mol. The predicted molar refractivity (Wildman–Crippen MR) is 51.0 cm³/mol. The summed E-state index contributed by atoms with van der Waals surface area (Å²) in [5.41, 5.74) is 6.83. The number of rotatable bonds is 5. The van der Waals surface area contributed by atoms with E-state index in [4.69, 9.17) is 5.73 Å². The molecule has 3 nitrogen and oxygen atoms in total. The van der Waals surface area contributed by atoms with Gasteiger partial charge in [0.15, 0.2) is 0 Å². The van der Waals surface area contributed by atoms with Gasteiger partial charge in [-0.15, -0.1) is 5.10 Å². The lowest BCUT2D eigenvalue weighted by molar-refractivity contribution is 0.570. The minimum atomic E-state index is 0.0929. The van der Waals surface area contributed by atoms with Crippen molar-refractivity contribution in [2.75, 3.05) is 0 Å². The highest BCUT2D eigenvalue weighted by Crippen LogP contribution is 2.15. The minimum absolute atomic E-state index is 0.0929. The summed E-state index contributed by atoms with van der Waals surface area (Å²) in [4.78, 5) is 0. The van der Waals surface area contributed by atoms with Gasteiger partial charge < -0.3 is 5.73 Å². The summed E-state index contributed by atoms with van der Waals surface area (Å²) >= 11 is 1.37. The smallest absolute Gasteiger partial charge is 0.0922 e. The Balaban J connectivity index is 2.25. The largest absolute Gasteiger partial charge is 0.323 e. The molecule has 1 heterocycles. The molecule has 0 aromatic carbocycles. The lowest BCUT2D eigenvalue weighted by Crippen LogP contribution is -2.10. The summed E-state index contributed by atoms with van der Waals surface area (Å²) in [5.74, 6) is 0. The monoisotopic (exact) mass is 185 g/mol. The molecule has 1 unspecified atom stereocenters. The van der Waals surface area contributed by atoms with Crippen molar-refractivity contribution in [2.24, 2.45) is 5.73 Å². The first-order valence-electron chi connectivity index (χ1n) is 4.37. The predicted octanol–water partition coefficient (Wildman–Crippen LogP) is 2.12. The summed E-state index contributed by atoms with van der Waals surface area (Å²) in [6, 6.07) is 0.0929. The molecule has 1 aromatic heterocycles. The van der Waals surface area contributed by atoms with Crippen molar-refractivity contribution in [3.63, 3.8) is 0 Å². The topological polar surface area (TPSA) is 51.8 Å². The molecule has 68 valence electrons. The van der Waals surface area contributed by atoms with Crippen LogP contribution in [0.25, 0.3) is 0 Å². The maximum Gasteiger partial charge on any atom is 0.0922 e. The molecule has 4 heteroatoms. The van der Waals surface area contributed by atoms with E-state index in [1.165, 1.54) is 30.8 Å². The number of unbranched alkanes of at least 4 members (excludes halogenated alkanes) is 2. The number of nitrogens with zero attached hydrogens (tertiary/aromatic N) is 2. The highest BCUT2D eigenvalue weighted by Gasteiger charge is 2.07. The van der Waals surface area contributed by atoms with Crippen LogP contribution < -0.4 is 5.73 Å². The number of nitrogens with two attached hydrogens (primary N) is 1. The fourth-order valence-electron chi connectivity index (χ4n) is 1.10. The Morgan fingerprint density at radius 2 is 2.42 bits per heavy atom. The van der Waals surface area contributed by atoms with Crippen molar-refractivity contribution >= 4 is 11.5 Å². The van der Waals surface area contributed by atoms with Crippen LogP contribution in [0.1, 0.15) is 44.3 Å². The SMILES string of the molecule is CCCCCC(N)c1csnn1. The summed E-state index contributed by atoms with van der Waals surface area (Å²) in [6.45, 7) is 2.19. The van der Waals surface area contributed by atoms with E-state index in [-0.39, 0.29) is 6.04 Å². The fourth-order valence-corrected chi connectivity index (χ4v) is 1.61. The third-order valence-corrected chi connectivity index (χ3v) is 2.40. The van der Waals surface area contributed by atoms with Crippen LogP contribution in [0.3, 0.4) is 0 Å². The van der Waals surface area contributed by atoms with Crippen LogP contribution in [0.15, 0.2) is 5.38 Å². The van der Waals surface area contributed by atoms with Crippen LogP contribution in [-0.4, -0.2) is 9.59 Å². The Hall–Kier alpha value is -0.480. The molecule has 0 aliphatic rings. The fraction of sp³-hybridized carbons (Fsp3) is 0.750. The average molecular weight is 185 g/mol. The molecule has 0 aliphatic carbocycles. The Bertz CT molecular complexity index is 198. The van der Waals surface area contributed by atoms with Crippen molar-refractivity contribution < 1.29 is 0 Å². The minimum Gasteiger partial charge on any atom is -0.323 e. The zero-order valence-corrected chi connectivity index (χ0v) is 8.18. The molecule has 1 rings (SSSR count). The van der Waals surface area contributed by atoms with E-state index < -0.39 is 0 Å². The summed E-state index contributed by atoms with van der Waals surface area (Å²) in [6.07, 6.45) is 4.71. The van der Waals surface area contributed by atoms with Gasteiger partial charge in [0.2, 0.25) is 0 Å². The molecule has 0 bridgehead atoms. The van der Waals surface area contributed by atoms with Crippen LogP contribution in [-0.2, 0) is 0 Å². The Morgan fingerprint density at radius 1 is 1.58 bits per heavy atom. The van der Waals surface area contributed by atoms with Crippen LogP contribution in [0.5, 0.6) is 0 Å². The molecule has 0 saturated heterocycles. The molecule has 1 aromatic rings. The van der Waals surface area contributed by atoms with Crippen molar-refractivity contribution in [1.29, 1.82) is 0 Å². The maximum absolute atomic E-state index is 5.88. The van der Waals surface area contributed by atoms with Gasteiger partial charge in [0.25, 0.3) is 0 Å². The molecule has 12 heavy (non-hydrogen) atoms. The molecule has 0 aliphatic heterocycles. The Morgan fingerprint density at radius 3 is 3.00 bits per heavy atom. The van der Waals surface area contributed by atoms with E-state index in [0.717, 1.165) is 12.1 Å². The van der Waals surface area contributed by atoms with Gasteiger partial charge in [-0.1, -0.05) is 30.7 Å². The van der Waals surface area contributed by atoms with Gasteiger partial charge in [0.1, 0.15) is 0 Å². The second-order valence-electron chi connectivity index (χ2n) is 2.93. The van der Waals surface area contributed by atoms with E-state index in [1.54, 1.807) is 0 Å². The quantitative estimate of drug-likeness (QED) is 0.715.